The summed E-state index contributed by atoms with van der Waals surface area (Å²) in [6.45, 7) is 2.99. The summed E-state index contributed by atoms with van der Waals surface area (Å²) in [4.78, 5) is 0. The van der Waals surface area contributed by atoms with Crippen molar-refractivity contribution in [1.82, 2.24) is 0 Å². The maximum absolute atomic E-state index is 5.63. The standard InChI is InChI=1S/C11H17N/c1-2-10(9-12)8-11-6-4-3-5-7-11/h3-7,10H,2,8-9,12H2,1H3/t10-/m0/s1. The van der Waals surface area contributed by atoms with Crippen LogP contribution in [0.25, 0.3) is 0 Å². The molecule has 1 heteroatoms. The van der Waals surface area contributed by atoms with Gasteiger partial charge in [-0.1, -0.05) is 43.7 Å². The van der Waals surface area contributed by atoms with Crippen LogP contribution >= 0.6 is 0 Å². The lowest BCUT2D eigenvalue weighted by Crippen LogP contribution is -2.15. The molecule has 0 bridgehead atoms. The molecule has 0 aromatic heterocycles. The van der Waals surface area contributed by atoms with Crippen molar-refractivity contribution in [1.29, 1.82) is 0 Å². The molecule has 2 N–H and O–H groups in total. The third kappa shape index (κ3) is 2.67. The first-order valence-electron chi connectivity index (χ1n) is 4.60. The summed E-state index contributed by atoms with van der Waals surface area (Å²) in [5.74, 6) is 0.646. The van der Waals surface area contributed by atoms with E-state index in [9.17, 15) is 0 Å². The maximum atomic E-state index is 5.63. The van der Waals surface area contributed by atoms with Crippen molar-refractivity contribution in [3.63, 3.8) is 0 Å². The van der Waals surface area contributed by atoms with E-state index in [-0.39, 0.29) is 0 Å². The Morgan fingerprint density at radius 1 is 1.25 bits per heavy atom. The van der Waals surface area contributed by atoms with Gasteiger partial charge in [0.1, 0.15) is 0 Å². The second-order valence-electron chi connectivity index (χ2n) is 3.20. The molecule has 0 amide bonds. The van der Waals surface area contributed by atoms with E-state index in [1.807, 2.05) is 6.07 Å². The molecule has 1 atom stereocenters. The maximum Gasteiger partial charge on any atom is -0.00458 e. The third-order valence-electron chi connectivity index (χ3n) is 2.28. The molecule has 0 aliphatic heterocycles. The van der Waals surface area contributed by atoms with Crippen molar-refractivity contribution in [2.24, 2.45) is 11.7 Å². The largest absolute Gasteiger partial charge is 0.330 e. The monoisotopic (exact) mass is 163 g/mol. The highest BCUT2D eigenvalue weighted by Gasteiger charge is 2.03. The van der Waals surface area contributed by atoms with Gasteiger partial charge in [0.05, 0.1) is 0 Å². The van der Waals surface area contributed by atoms with Gasteiger partial charge in [-0.05, 0) is 24.4 Å². The number of rotatable bonds is 4. The van der Waals surface area contributed by atoms with Crippen molar-refractivity contribution in [3.05, 3.63) is 35.9 Å². The molecule has 1 aromatic carbocycles. The lowest BCUT2D eigenvalue weighted by molar-refractivity contribution is 0.519. The molecule has 0 saturated heterocycles. The Kier molecular flexibility index (Phi) is 3.81. The van der Waals surface area contributed by atoms with Gasteiger partial charge in [0.15, 0.2) is 0 Å². The number of hydrogen-bond acceptors (Lipinski definition) is 1. The van der Waals surface area contributed by atoms with Crippen LogP contribution in [0.15, 0.2) is 30.3 Å². The summed E-state index contributed by atoms with van der Waals surface area (Å²) in [6, 6.07) is 10.5. The highest BCUT2D eigenvalue weighted by Crippen LogP contribution is 2.09. The summed E-state index contributed by atoms with van der Waals surface area (Å²) < 4.78 is 0. The predicted octanol–water partition coefficient (Wildman–Crippen LogP) is 2.21. The smallest absolute Gasteiger partial charge is 0.00458 e. The molecule has 1 aromatic rings. The van der Waals surface area contributed by atoms with E-state index < -0.39 is 0 Å². The van der Waals surface area contributed by atoms with Crippen LogP contribution in [0.3, 0.4) is 0 Å². The Hall–Kier alpha value is -0.820. The molecule has 0 aliphatic rings. The Morgan fingerprint density at radius 2 is 1.92 bits per heavy atom. The molecule has 0 spiro atoms. The molecule has 1 nitrogen and oxygen atoms in total. The van der Waals surface area contributed by atoms with Crippen molar-refractivity contribution < 1.29 is 0 Å². The number of nitrogens with two attached hydrogens (primary N) is 1. The van der Waals surface area contributed by atoms with Gasteiger partial charge in [-0.3, -0.25) is 0 Å². The molecule has 0 aliphatic carbocycles. The lowest BCUT2D eigenvalue weighted by Gasteiger charge is -2.11. The predicted molar refractivity (Wildman–Crippen MR) is 53.0 cm³/mol. The Labute approximate surface area is 74.6 Å². The van der Waals surface area contributed by atoms with Crippen LogP contribution in [-0.4, -0.2) is 6.54 Å². The molecule has 0 saturated carbocycles. The van der Waals surface area contributed by atoms with Crippen LogP contribution in [0.1, 0.15) is 18.9 Å². The van der Waals surface area contributed by atoms with Crippen LogP contribution in [0.2, 0.25) is 0 Å². The van der Waals surface area contributed by atoms with Gasteiger partial charge in [0.2, 0.25) is 0 Å². The SMILES string of the molecule is CC[C@H](CN)Cc1ccccc1. The fourth-order valence-electron chi connectivity index (χ4n) is 1.34. The zero-order valence-corrected chi connectivity index (χ0v) is 7.66. The van der Waals surface area contributed by atoms with Gasteiger partial charge >= 0.3 is 0 Å². The fraction of sp³-hybridized carbons (Fsp3) is 0.455. The van der Waals surface area contributed by atoms with Crippen molar-refractivity contribution >= 4 is 0 Å². The average molecular weight is 163 g/mol. The van der Waals surface area contributed by atoms with E-state index in [0.717, 1.165) is 13.0 Å². The topological polar surface area (TPSA) is 26.0 Å². The van der Waals surface area contributed by atoms with Gasteiger partial charge in [-0.2, -0.15) is 0 Å². The molecule has 12 heavy (non-hydrogen) atoms. The highest BCUT2D eigenvalue weighted by molar-refractivity contribution is 5.15. The fourth-order valence-corrected chi connectivity index (χ4v) is 1.34. The first kappa shape index (κ1) is 9.27. The minimum Gasteiger partial charge on any atom is -0.330 e. The molecule has 0 fully saturated rings. The van der Waals surface area contributed by atoms with Gasteiger partial charge in [-0.25, -0.2) is 0 Å². The molecule has 0 radical (unpaired) electrons. The van der Waals surface area contributed by atoms with Crippen LogP contribution in [-0.2, 0) is 6.42 Å². The van der Waals surface area contributed by atoms with Gasteiger partial charge in [0.25, 0.3) is 0 Å². The number of hydrogen-bond donors (Lipinski definition) is 1. The zero-order valence-electron chi connectivity index (χ0n) is 7.66. The summed E-state index contributed by atoms with van der Waals surface area (Å²) in [6.07, 6.45) is 2.29. The van der Waals surface area contributed by atoms with Crippen LogP contribution < -0.4 is 5.73 Å². The summed E-state index contributed by atoms with van der Waals surface area (Å²) in [7, 11) is 0. The third-order valence-corrected chi connectivity index (χ3v) is 2.28. The molecule has 0 heterocycles. The zero-order chi connectivity index (χ0) is 8.81. The molecular formula is C11H17N. The normalized spacial score (nSPS) is 12.8. The number of benzene rings is 1. The van der Waals surface area contributed by atoms with Gasteiger partial charge < -0.3 is 5.73 Å². The van der Waals surface area contributed by atoms with Crippen molar-refractivity contribution in [2.45, 2.75) is 19.8 Å². The minimum atomic E-state index is 0.646. The van der Waals surface area contributed by atoms with E-state index in [4.69, 9.17) is 5.73 Å². The quantitative estimate of drug-likeness (QED) is 0.723. The van der Waals surface area contributed by atoms with Gasteiger partial charge in [-0.15, -0.1) is 0 Å². The second kappa shape index (κ2) is 4.94. The van der Waals surface area contributed by atoms with Crippen LogP contribution in [0.4, 0.5) is 0 Å². The molecular weight excluding hydrogens is 146 g/mol. The second-order valence-corrected chi connectivity index (χ2v) is 3.20. The van der Waals surface area contributed by atoms with Gasteiger partial charge in [0, 0.05) is 0 Å². The average Bonchev–Trinajstić information content (AvgIpc) is 2.16. The summed E-state index contributed by atoms with van der Waals surface area (Å²) >= 11 is 0. The summed E-state index contributed by atoms with van der Waals surface area (Å²) in [5.41, 5.74) is 7.03. The Bertz CT molecular complexity index is 202. The first-order valence-corrected chi connectivity index (χ1v) is 4.60. The lowest BCUT2D eigenvalue weighted by atomic mass is 9.97. The van der Waals surface area contributed by atoms with Crippen LogP contribution in [0.5, 0.6) is 0 Å². The molecule has 0 unspecified atom stereocenters. The molecule has 66 valence electrons. The van der Waals surface area contributed by atoms with E-state index in [2.05, 4.69) is 31.2 Å². The highest BCUT2D eigenvalue weighted by atomic mass is 14.5. The van der Waals surface area contributed by atoms with E-state index >= 15 is 0 Å². The van der Waals surface area contributed by atoms with E-state index in [1.54, 1.807) is 0 Å². The van der Waals surface area contributed by atoms with E-state index in [0.29, 0.717) is 5.92 Å². The summed E-state index contributed by atoms with van der Waals surface area (Å²) in [5, 5.41) is 0. The molecule has 1 rings (SSSR count). The van der Waals surface area contributed by atoms with Crippen molar-refractivity contribution in [2.75, 3.05) is 6.54 Å². The minimum absolute atomic E-state index is 0.646. The Balaban J connectivity index is 2.51. The van der Waals surface area contributed by atoms with Crippen molar-refractivity contribution in [3.8, 4) is 0 Å². The van der Waals surface area contributed by atoms with Crippen LogP contribution in [0, 0.1) is 5.92 Å². The first-order chi connectivity index (χ1) is 5.86. The Morgan fingerprint density at radius 3 is 2.42 bits per heavy atom. The van der Waals surface area contributed by atoms with E-state index in [1.165, 1.54) is 12.0 Å².